The zero-order valence-electron chi connectivity index (χ0n) is 43.0. The van der Waals surface area contributed by atoms with E-state index in [1.165, 1.54) is 21.3 Å². The summed E-state index contributed by atoms with van der Waals surface area (Å²) in [4.78, 5) is 65.8. The van der Waals surface area contributed by atoms with Crippen molar-refractivity contribution in [1.82, 2.24) is 39.4 Å². The number of pyridine rings is 1. The smallest absolute Gasteiger partial charge is 0.324 e. The highest BCUT2D eigenvalue weighted by Crippen LogP contribution is 2.43. The van der Waals surface area contributed by atoms with Crippen molar-refractivity contribution >= 4 is 44.6 Å². The van der Waals surface area contributed by atoms with Gasteiger partial charge < -0.3 is 34.3 Å². The van der Waals surface area contributed by atoms with Crippen LogP contribution in [0.15, 0.2) is 60.6 Å². The van der Waals surface area contributed by atoms with Crippen LogP contribution in [0.2, 0.25) is 0 Å². The molecule has 2 aromatic carbocycles. The Morgan fingerprint density at radius 3 is 2.49 bits per heavy atom. The van der Waals surface area contributed by atoms with Crippen molar-refractivity contribution in [2.75, 3.05) is 54.5 Å². The quantitative estimate of drug-likeness (QED) is 0.137. The number of sulfonamides is 1. The maximum atomic E-state index is 14.8. The molecule has 0 radical (unpaired) electrons. The number of cyclic esters (lactones) is 1. The molecule has 3 N–H and O–H groups in total. The SMILES string of the molecule is C=CS(=O)(=O)N1CC[C@H](C(=O)N(C)[C@H](C(=O)N[C@H]2Cc3cc(O)cc(c3)-c3ccc4c(c3)c(c(-c3cc(CN(C)C)cnc3[C@H](C)OC)n4CC)CC(C)(C)COC(=O)[C@@H]3CCCN(N3)C2=O)C(C)C)C1. The summed E-state index contributed by atoms with van der Waals surface area (Å²) in [5.41, 5.74) is 10.4. The second kappa shape index (κ2) is 21.6. The van der Waals surface area contributed by atoms with Crippen molar-refractivity contribution in [3.05, 3.63) is 83.0 Å². The summed E-state index contributed by atoms with van der Waals surface area (Å²) >= 11 is 0. The molecule has 5 atom stereocenters. The molecular weight excluding hydrogens is 925 g/mol. The molecule has 7 rings (SSSR count). The van der Waals surface area contributed by atoms with Gasteiger partial charge in [0, 0.05) is 86.8 Å². The van der Waals surface area contributed by atoms with Gasteiger partial charge in [0.1, 0.15) is 23.9 Å². The van der Waals surface area contributed by atoms with E-state index in [0.29, 0.717) is 43.5 Å². The lowest BCUT2D eigenvalue weighted by molar-refractivity contribution is -0.155. The largest absolute Gasteiger partial charge is 0.508 e. The number of phenols is 1. The fourth-order valence-electron chi connectivity index (χ4n) is 10.5. The number of hydrazine groups is 1. The van der Waals surface area contributed by atoms with E-state index < -0.39 is 69.1 Å². The first-order valence-corrected chi connectivity index (χ1v) is 26.2. The number of nitrogens with one attached hydrogen (secondary N) is 2. The maximum absolute atomic E-state index is 14.8. The number of methoxy groups -OCH3 is 1. The third-order valence-electron chi connectivity index (χ3n) is 14.1. The minimum absolute atomic E-state index is 0.0342. The van der Waals surface area contributed by atoms with Gasteiger partial charge in [-0.3, -0.25) is 29.2 Å². The minimum Gasteiger partial charge on any atom is -0.508 e. The van der Waals surface area contributed by atoms with E-state index in [-0.39, 0.29) is 50.9 Å². The molecule has 0 spiro atoms. The van der Waals surface area contributed by atoms with Crippen LogP contribution in [0.3, 0.4) is 0 Å². The molecule has 384 valence electrons. The molecule has 3 amide bonds. The van der Waals surface area contributed by atoms with Gasteiger partial charge in [-0.2, -0.15) is 4.31 Å². The van der Waals surface area contributed by atoms with Crippen molar-refractivity contribution in [1.29, 1.82) is 0 Å². The summed E-state index contributed by atoms with van der Waals surface area (Å²) in [6.07, 6.45) is 3.23. The van der Waals surface area contributed by atoms with Gasteiger partial charge in [0.2, 0.25) is 21.8 Å². The Hall–Kier alpha value is -5.66. The lowest BCUT2D eigenvalue weighted by Gasteiger charge is -2.37. The lowest BCUT2D eigenvalue weighted by Crippen LogP contribution is -2.62. The minimum atomic E-state index is -3.74. The molecule has 5 heterocycles. The van der Waals surface area contributed by atoms with Crippen LogP contribution in [0.4, 0.5) is 0 Å². The summed E-state index contributed by atoms with van der Waals surface area (Å²) in [5.74, 6) is -3.11. The number of aromatic nitrogens is 2. The molecule has 2 saturated heterocycles. The summed E-state index contributed by atoms with van der Waals surface area (Å²) < 4.78 is 40.7. The van der Waals surface area contributed by atoms with Crippen LogP contribution in [-0.4, -0.2) is 138 Å². The van der Waals surface area contributed by atoms with Gasteiger partial charge in [-0.1, -0.05) is 46.4 Å². The molecule has 17 nitrogen and oxygen atoms in total. The molecule has 71 heavy (non-hydrogen) atoms. The number of benzene rings is 2. The van der Waals surface area contributed by atoms with Gasteiger partial charge in [0.15, 0.2) is 0 Å². The number of carbonyl (C=O) groups is 4. The Morgan fingerprint density at radius 2 is 1.82 bits per heavy atom. The average molecular weight is 997 g/mol. The Labute approximate surface area is 418 Å². The van der Waals surface area contributed by atoms with Gasteiger partial charge in [-0.15, -0.1) is 0 Å². The molecule has 6 bridgehead atoms. The number of aryl methyl sites for hydroxylation is 1. The number of carbonyl (C=O) groups excluding carboxylic acids is 4. The van der Waals surface area contributed by atoms with Crippen molar-refractivity contribution in [3.8, 4) is 28.1 Å². The van der Waals surface area contributed by atoms with Crippen molar-refractivity contribution in [3.63, 3.8) is 0 Å². The number of fused-ring (bicyclic) bond motifs is 6. The predicted octanol–water partition coefficient (Wildman–Crippen LogP) is 5.79. The Kier molecular flexibility index (Phi) is 16.2. The molecule has 3 aliphatic rings. The highest BCUT2D eigenvalue weighted by molar-refractivity contribution is 7.92. The van der Waals surface area contributed by atoms with Gasteiger partial charge in [0.25, 0.3) is 5.91 Å². The van der Waals surface area contributed by atoms with Gasteiger partial charge in [-0.05, 0) is 118 Å². The molecule has 2 aromatic heterocycles. The number of likely N-dealkylation sites (N-methyl/N-ethyl adjacent to an activating group) is 1. The van der Waals surface area contributed by atoms with Crippen LogP contribution in [0, 0.1) is 17.3 Å². The molecule has 0 aliphatic carbocycles. The van der Waals surface area contributed by atoms with Gasteiger partial charge in [0.05, 0.1) is 30.0 Å². The predicted molar refractivity (Wildman–Crippen MR) is 273 cm³/mol. The molecule has 0 unspecified atom stereocenters. The summed E-state index contributed by atoms with van der Waals surface area (Å²) in [7, 11) is 3.51. The second-order valence-electron chi connectivity index (χ2n) is 20.8. The third kappa shape index (κ3) is 11.5. The van der Waals surface area contributed by atoms with Crippen LogP contribution in [0.1, 0.15) is 89.3 Å². The van der Waals surface area contributed by atoms with Crippen LogP contribution < -0.4 is 10.7 Å². The average Bonchev–Trinajstić information content (AvgIpc) is 3.95. The number of hydrogen-bond donors (Lipinski definition) is 3. The van der Waals surface area contributed by atoms with E-state index in [2.05, 4.69) is 65.8 Å². The number of ether oxygens (including phenoxy) is 2. The van der Waals surface area contributed by atoms with Crippen LogP contribution in [0.25, 0.3) is 33.3 Å². The number of hydrogen-bond acceptors (Lipinski definition) is 12. The molecule has 4 aromatic rings. The van der Waals surface area contributed by atoms with E-state index in [1.54, 1.807) is 33.1 Å². The second-order valence-corrected chi connectivity index (χ2v) is 22.7. The maximum Gasteiger partial charge on any atom is 0.324 e. The van der Waals surface area contributed by atoms with Crippen molar-refractivity contribution in [2.24, 2.45) is 17.3 Å². The number of nitrogens with zero attached hydrogens (tertiary/aromatic N) is 6. The Bertz CT molecular complexity index is 2790. The van der Waals surface area contributed by atoms with Crippen LogP contribution in [-0.2, 0) is 64.6 Å². The van der Waals surface area contributed by atoms with E-state index in [0.717, 1.165) is 50.0 Å². The van der Waals surface area contributed by atoms with Crippen LogP contribution in [0.5, 0.6) is 5.75 Å². The summed E-state index contributed by atoms with van der Waals surface area (Å²) in [6, 6.07) is 10.5. The highest BCUT2D eigenvalue weighted by Gasteiger charge is 2.41. The topological polar surface area (TPSA) is 196 Å². The zero-order chi connectivity index (χ0) is 51.7. The van der Waals surface area contributed by atoms with Gasteiger partial charge in [-0.25, -0.2) is 13.8 Å². The lowest BCUT2D eigenvalue weighted by atomic mass is 9.84. The fourth-order valence-corrected chi connectivity index (χ4v) is 11.4. The summed E-state index contributed by atoms with van der Waals surface area (Å²) in [5, 5.41) is 17.6. The van der Waals surface area contributed by atoms with Crippen LogP contribution >= 0.6 is 0 Å². The summed E-state index contributed by atoms with van der Waals surface area (Å²) in [6.45, 7) is 17.0. The number of phenolic OH excluding ortho intramolecular Hbond substituents is 1. The van der Waals surface area contributed by atoms with E-state index in [1.807, 2.05) is 39.3 Å². The zero-order valence-corrected chi connectivity index (χ0v) is 43.8. The number of amides is 3. The Morgan fingerprint density at radius 1 is 1.07 bits per heavy atom. The molecule has 2 fully saturated rings. The first kappa shape index (κ1) is 53.1. The molecule has 3 aliphatic heterocycles. The van der Waals surface area contributed by atoms with E-state index in [9.17, 15) is 32.7 Å². The number of aromatic hydroxyl groups is 1. The monoisotopic (exact) mass is 997 g/mol. The highest BCUT2D eigenvalue weighted by atomic mass is 32.2. The first-order valence-electron chi connectivity index (χ1n) is 24.6. The molecular formula is C53H72N8O9S. The fraction of sp³-hybridized carbons (Fsp3) is 0.528. The third-order valence-corrected chi connectivity index (χ3v) is 15.5. The van der Waals surface area contributed by atoms with E-state index >= 15 is 0 Å². The van der Waals surface area contributed by atoms with Crippen molar-refractivity contribution in [2.45, 2.75) is 111 Å². The number of esters is 1. The molecule has 18 heteroatoms. The number of rotatable bonds is 13. The Balaban J connectivity index is 1.33. The normalized spacial score (nSPS) is 21.0. The van der Waals surface area contributed by atoms with Gasteiger partial charge >= 0.3 is 5.97 Å². The molecule has 0 saturated carbocycles. The van der Waals surface area contributed by atoms with Crippen molar-refractivity contribution < 1.29 is 42.2 Å². The first-order chi connectivity index (χ1) is 33.6. The van der Waals surface area contributed by atoms with E-state index in [4.69, 9.17) is 14.5 Å². The standard InChI is InChI=1S/C53H72N8O9S/c1-12-60-45-17-16-36-26-40(45)42(48(60)41-23-35(29-57(8)9)28-54-46(41)33(5)69-11)27-53(6,7)31-70-52(66)43-15-14-19-61(56-43)51(65)44(24-34-21-38(36)25-39(62)22-34)55-49(63)47(32(3)4)58(10)50(64)37-18-20-59(30-37)71(67,68)13-2/h13,16-17,21-23,25-26,28,32-33,37,43-44,47,56,62H,2,12,14-15,18-20,24,27,29-31H2,1,3-11H3,(H,55,63)/t33-,37-,43-,44-,47-/m0/s1.